The lowest BCUT2D eigenvalue weighted by Gasteiger charge is -1.89. The summed E-state index contributed by atoms with van der Waals surface area (Å²) < 4.78 is 4.44. The minimum absolute atomic E-state index is 0.872. The Kier molecular flexibility index (Phi) is 3.97. The van der Waals surface area contributed by atoms with Gasteiger partial charge >= 0.3 is 0 Å². The van der Waals surface area contributed by atoms with E-state index in [1.54, 1.807) is 8.05 Å². The maximum absolute atomic E-state index is 4.44. The van der Waals surface area contributed by atoms with Crippen LogP contribution in [-0.4, -0.2) is 14.6 Å². The van der Waals surface area contributed by atoms with E-state index in [9.17, 15) is 0 Å². The van der Waals surface area contributed by atoms with E-state index < -0.39 is 0 Å². The molecule has 0 aliphatic heterocycles. The van der Waals surface area contributed by atoms with Gasteiger partial charge in [0.2, 0.25) is 0 Å². The van der Waals surface area contributed by atoms with Crippen LogP contribution in [0.5, 0.6) is 0 Å². The number of nitrogens with one attached hydrogen (secondary N) is 1. The highest BCUT2D eigenvalue weighted by atomic mass is 16.6. The first-order valence-corrected chi connectivity index (χ1v) is 1.67. The number of rotatable bonds is 2. The molecule has 0 aromatic heterocycles. The molecular formula is C2H8BNO. The van der Waals surface area contributed by atoms with E-state index in [4.69, 9.17) is 0 Å². The Labute approximate surface area is 32.9 Å². The van der Waals surface area contributed by atoms with Gasteiger partial charge in [-0.2, -0.15) is 0 Å². The molecule has 5 heavy (non-hydrogen) atoms. The second-order valence-corrected chi connectivity index (χ2v) is 0.702. The van der Waals surface area contributed by atoms with Crippen molar-refractivity contribution in [1.29, 1.82) is 0 Å². The standard InChI is InChI=1S/C2H8BNO/c1-2-4-5-3/h4H,2-3H2,1H3. The van der Waals surface area contributed by atoms with Crippen LogP contribution >= 0.6 is 0 Å². The molecule has 0 aromatic rings. The van der Waals surface area contributed by atoms with Gasteiger partial charge in [-0.1, -0.05) is 6.92 Å². The van der Waals surface area contributed by atoms with Crippen molar-refractivity contribution in [1.82, 2.24) is 5.48 Å². The normalized spacial score (nSPS) is 8.20. The molecule has 0 amide bonds. The van der Waals surface area contributed by atoms with Gasteiger partial charge in [-0.15, -0.1) is 0 Å². The molecule has 1 N–H and O–H groups in total. The van der Waals surface area contributed by atoms with Crippen LogP contribution < -0.4 is 5.48 Å². The topological polar surface area (TPSA) is 21.3 Å². The summed E-state index contributed by atoms with van der Waals surface area (Å²) in [5, 5.41) is 0. The lowest BCUT2D eigenvalue weighted by atomic mass is 10.6. The second kappa shape index (κ2) is 3.98. The Morgan fingerprint density at radius 3 is 2.60 bits per heavy atom. The third-order valence-corrected chi connectivity index (χ3v) is 0.289. The summed E-state index contributed by atoms with van der Waals surface area (Å²) in [5.41, 5.74) is 2.61. The molecule has 0 unspecified atom stereocenters. The van der Waals surface area contributed by atoms with Crippen LogP contribution in [0.1, 0.15) is 6.92 Å². The van der Waals surface area contributed by atoms with E-state index in [0.717, 1.165) is 6.54 Å². The Balaban J connectivity index is 2.19. The third-order valence-electron chi connectivity index (χ3n) is 0.289. The maximum atomic E-state index is 4.44. The Bertz CT molecular complexity index is 17.1. The van der Waals surface area contributed by atoms with Gasteiger partial charge in [0.25, 0.3) is 8.05 Å². The molecule has 2 nitrogen and oxygen atoms in total. The molecular weight excluding hydrogens is 64.8 g/mol. The van der Waals surface area contributed by atoms with E-state index >= 15 is 0 Å². The van der Waals surface area contributed by atoms with Gasteiger partial charge in [0.1, 0.15) is 0 Å². The summed E-state index contributed by atoms with van der Waals surface area (Å²) in [7, 11) is 1.60. The van der Waals surface area contributed by atoms with Crippen LogP contribution in [0.3, 0.4) is 0 Å². The Hall–Kier alpha value is -0.0151. The predicted octanol–water partition coefficient (Wildman–Crippen LogP) is -0.924. The predicted molar refractivity (Wildman–Crippen MR) is 23.3 cm³/mol. The summed E-state index contributed by atoms with van der Waals surface area (Å²) in [4.78, 5) is 0. The van der Waals surface area contributed by atoms with Crippen molar-refractivity contribution >= 4 is 8.05 Å². The zero-order valence-electron chi connectivity index (χ0n) is 3.62. The van der Waals surface area contributed by atoms with Crippen LogP contribution in [0.2, 0.25) is 0 Å². The maximum Gasteiger partial charge on any atom is 0.287 e. The van der Waals surface area contributed by atoms with Gasteiger partial charge in [0.15, 0.2) is 0 Å². The molecule has 0 rings (SSSR count). The van der Waals surface area contributed by atoms with Crippen LogP contribution in [0.15, 0.2) is 0 Å². The highest BCUT2D eigenvalue weighted by Crippen LogP contribution is 1.45. The van der Waals surface area contributed by atoms with Crippen molar-refractivity contribution in [3.63, 3.8) is 0 Å². The summed E-state index contributed by atoms with van der Waals surface area (Å²) in [6, 6.07) is 0. The van der Waals surface area contributed by atoms with E-state index in [1.165, 1.54) is 0 Å². The van der Waals surface area contributed by atoms with Crippen molar-refractivity contribution in [2.24, 2.45) is 0 Å². The SMILES string of the molecule is BONCC. The summed E-state index contributed by atoms with van der Waals surface area (Å²) in [6.45, 7) is 2.85. The zero-order chi connectivity index (χ0) is 4.12. The average molecular weight is 72.9 g/mol. The fraction of sp³-hybridized carbons (Fsp3) is 1.00. The molecule has 0 heterocycles. The first-order valence-electron chi connectivity index (χ1n) is 1.67. The van der Waals surface area contributed by atoms with Gasteiger partial charge in [-0.05, 0) is 0 Å². The monoisotopic (exact) mass is 73.1 g/mol. The number of hydrogen-bond donors (Lipinski definition) is 1. The van der Waals surface area contributed by atoms with Crippen molar-refractivity contribution in [3.8, 4) is 0 Å². The lowest BCUT2D eigenvalue weighted by molar-refractivity contribution is 0.225. The molecule has 0 aliphatic rings. The molecule has 0 saturated carbocycles. The van der Waals surface area contributed by atoms with E-state index in [2.05, 4.69) is 10.2 Å². The van der Waals surface area contributed by atoms with Crippen molar-refractivity contribution < 1.29 is 4.76 Å². The molecule has 0 spiro atoms. The quantitative estimate of drug-likeness (QED) is 0.337. The molecule has 0 bridgehead atoms. The first kappa shape index (κ1) is 4.98. The minimum atomic E-state index is 0.872. The fourth-order valence-corrected chi connectivity index (χ4v) is 0.144. The summed E-state index contributed by atoms with van der Waals surface area (Å²) in [5.74, 6) is 0. The van der Waals surface area contributed by atoms with Gasteiger partial charge in [0, 0.05) is 6.54 Å². The molecule has 0 aliphatic carbocycles. The molecule has 0 atom stereocenters. The van der Waals surface area contributed by atoms with Gasteiger partial charge < -0.3 is 4.76 Å². The number of hydroxylamine groups is 1. The molecule has 3 heteroatoms. The van der Waals surface area contributed by atoms with Crippen LogP contribution in [0.4, 0.5) is 0 Å². The summed E-state index contributed by atoms with van der Waals surface area (Å²) in [6.07, 6.45) is 0. The van der Waals surface area contributed by atoms with E-state index in [0.29, 0.717) is 0 Å². The minimum Gasteiger partial charge on any atom is -0.373 e. The van der Waals surface area contributed by atoms with Gasteiger partial charge in [-0.3, -0.25) is 0 Å². The molecule has 30 valence electrons. The zero-order valence-corrected chi connectivity index (χ0v) is 3.62. The van der Waals surface area contributed by atoms with Gasteiger partial charge in [0.05, 0.1) is 0 Å². The van der Waals surface area contributed by atoms with Crippen LogP contribution in [0.25, 0.3) is 0 Å². The number of hydrogen-bond acceptors (Lipinski definition) is 2. The molecule has 0 aromatic carbocycles. The Morgan fingerprint density at radius 1 is 2.00 bits per heavy atom. The second-order valence-electron chi connectivity index (χ2n) is 0.702. The smallest absolute Gasteiger partial charge is 0.287 e. The van der Waals surface area contributed by atoms with Crippen molar-refractivity contribution in [2.45, 2.75) is 6.92 Å². The highest BCUT2D eigenvalue weighted by molar-refractivity contribution is 5.97. The average Bonchev–Trinajstić information content (AvgIpc) is 1.41. The van der Waals surface area contributed by atoms with Crippen molar-refractivity contribution in [3.05, 3.63) is 0 Å². The van der Waals surface area contributed by atoms with E-state index in [1.807, 2.05) is 6.92 Å². The lowest BCUT2D eigenvalue weighted by Crippen LogP contribution is -2.09. The molecule has 0 radical (unpaired) electrons. The third kappa shape index (κ3) is 3.98. The van der Waals surface area contributed by atoms with Crippen molar-refractivity contribution in [2.75, 3.05) is 6.54 Å². The summed E-state index contributed by atoms with van der Waals surface area (Å²) >= 11 is 0. The largest absolute Gasteiger partial charge is 0.373 e. The first-order chi connectivity index (χ1) is 2.41. The Morgan fingerprint density at radius 2 is 2.60 bits per heavy atom. The molecule has 0 fully saturated rings. The highest BCUT2D eigenvalue weighted by Gasteiger charge is 1.61. The molecule has 0 saturated heterocycles. The fourth-order valence-electron chi connectivity index (χ4n) is 0.144. The van der Waals surface area contributed by atoms with E-state index in [-0.39, 0.29) is 0 Å². The van der Waals surface area contributed by atoms with Crippen LogP contribution in [-0.2, 0) is 4.76 Å². The van der Waals surface area contributed by atoms with Gasteiger partial charge in [-0.25, -0.2) is 5.48 Å². The van der Waals surface area contributed by atoms with Crippen LogP contribution in [0, 0.1) is 0 Å².